The van der Waals surface area contributed by atoms with Gasteiger partial charge in [0, 0.05) is 0 Å². The van der Waals surface area contributed by atoms with Crippen LogP contribution < -0.4 is 19.6 Å². The van der Waals surface area contributed by atoms with Crippen LogP contribution in [0.2, 0.25) is 0 Å². The minimum atomic E-state index is -1.23. The van der Waals surface area contributed by atoms with Crippen LogP contribution in [0.5, 0.6) is 0 Å². The predicted molar refractivity (Wildman–Crippen MR) is 143 cm³/mol. The number of esters is 4. The van der Waals surface area contributed by atoms with Gasteiger partial charge in [-0.15, -0.1) is 0 Å². The molecule has 2 aromatic carbocycles. The third kappa shape index (κ3) is 9.49. The normalized spacial score (nSPS) is 11.8. The fourth-order valence-electron chi connectivity index (χ4n) is 3.19. The van der Waals surface area contributed by atoms with E-state index in [4.69, 9.17) is 9.47 Å². The van der Waals surface area contributed by atoms with Crippen LogP contribution in [0.1, 0.15) is 33.6 Å². The molecule has 0 fully saturated rings. The summed E-state index contributed by atoms with van der Waals surface area (Å²) in [6.07, 6.45) is -0.783. The average molecular weight is 686 g/mol. The van der Waals surface area contributed by atoms with E-state index in [2.05, 4.69) is 20.1 Å². The van der Waals surface area contributed by atoms with Gasteiger partial charge in [0.15, 0.2) is 0 Å². The first-order valence-electron chi connectivity index (χ1n) is 11.6. The molecule has 0 saturated carbocycles. The van der Waals surface area contributed by atoms with E-state index in [9.17, 15) is 28.8 Å². The van der Waals surface area contributed by atoms with Crippen molar-refractivity contribution in [1.82, 2.24) is 10.6 Å². The van der Waals surface area contributed by atoms with E-state index in [1.54, 1.807) is 48.5 Å². The molecule has 0 unspecified atom stereocenters. The van der Waals surface area contributed by atoms with Crippen LogP contribution in [-0.2, 0) is 38.1 Å². The molecule has 2 amide bonds. The van der Waals surface area contributed by atoms with Gasteiger partial charge in [0.05, 0.1) is 0 Å². The summed E-state index contributed by atoms with van der Waals surface area (Å²) in [7, 11) is 4.64. The number of carbonyl (C=O) groups excluding carboxylic acids is 6. The number of benzene rings is 2. The molecule has 40 heavy (non-hydrogen) atoms. The van der Waals surface area contributed by atoms with Gasteiger partial charge in [-0.1, -0.05) is 0 Å². The number of amides is 2. The molecule has 0 aromatic heterocycles. The summed E-state index contributed by atoms with van der Waals surface area (Å²) in [5, 5.41) is 5.06. The fraction of sp³-hybridized carbons (Fsp3) is 0.308. The van der Waals surface area contributed by atoms with Gasteiger partial charge >= 0.3 is 242 Å². The second kappa shape index (κ2) is 16.4. The Labute approximate surface area is 241 Å². The third-order valence-corrected chi connectivity index (χ3v) is 12.5. The van der Waals surface area contributed by atoms with E-state index in [0.29, 0.717) is 20.1 Å². The second-order valence-electron chi connectivity index (χ2n) is 7.82. The Bertz CT molecular complexity index is 1160. The topological polar surface area (TPSA) is 163 Å². The van der Waals surface area contributed by atoms with Crippen LogP contribution in [-0.4, -0.2) is 102 Å². The maximum atomic E-state index is 13.1. The molecule has 14 heteroatoms. The van der Waals surface area contributed by atoms with E-state index in [-0.39, 0.29) is 26.3 Å². The molecular formula is C26H28N2O10Se2. The van der Waals surface area contributed by atoms with Crippen molar-refractivity contribution in [2.45, 2.75) is 24.9 Å². The van der Waals surface area contributed by atoms with Crippen molar-refractivity contribution < 1.29 is 47.7 Å². The molecular weight excluding hydrogens is 658 g/mol. The number of hydrogen-bond donors (Lipinski definition) is 2. The van der Waals surface area contributed by atoms with Crippen LogP contribution >= 0.6 is 0 Å². The van der Waals surface area contributed by atoms with Crippen LogP contribution in [0.3, 0.4) is 0 Å². The molecule has 2 rings (SSSR count). The number of nitrogens with one attached hydrogen (secondary N) is 2. The van der Waals surface area contributed by atoms with Gasteiger partial charge in [0.2, 0.25) is 0 Å². The predicted octanol–water partition coefficient (Wildman–Crippen LogP) is -1.37. The number of ether oxygens (including phenoxy) is 4. The van der Waals surface area contributed by atoms with Crippen molar-refractivity contribution in [2.75, 3.05) is 28.4 Å². The first-order chi connectivity index (χ1) is 19.1. The maximum absolute atomic E-state index is 13.1. The summed E-state index contributed by atoms with van der Waals surface area (Å²) in [6, 6.07) is 11.2. The molecule has 2 atom stereocenters. The summed E-state index contributed by atoms with van der Waals surface area (Å²) in [5.74, 6) is -4.09. The van der Waals surface area contributed by atoms with Crippen molar-refractivity contribution >= 4 is 70.9 Å². The second-order valence-corrected chi connectivity index (χ2v) is 14.0. The average Bonchev–Trinajstić information content (AvgIpc) is 2.98. The van der Waals surface area contributed by atoms with Crippen molar-refractivity contribution in [3.05, 3.63) is 59.7 Å². The summed E-state index contributed by atoms with van der Waals surface area (Å²) in [4.78, 5) is 73.8. The van der Waals surface area contributed by atoms with E-state index in [1.807, 2.05) is 0 Å². The molecule has 0 heterocycles. The van der Waals surface area contributed by atoms with E-state index >= 15 is 0 Å². The van der Waals surface area contributed by atoms with E-state index in [0.717, 1.165) is 14.2 Å². The summed E-state index contributed by atoms with van der Waals surface area (Å²) in [6.45, 7) is 0. The van der Waals surface area contributed by atoms with Crippen LogP contribution in [0.15, 0.2) is 48.5 Å². The Morgan fingerprint density at radius 2 is 0.950 bits per heavy atom. The molecule has 0 aliphatic heterocycles. The minimum absolute atomic E-state index is 0.297. The zero-order valence-corrected chi connectivity index (χ0v) is 25.5. The monoisotopic (exact) mass is 688 g/mol. The molecule has 0 bridgehead atoms. The van der Waals surface area contributed by atoms with Crippen LogP contribution in [0, 0.1) is 0 Å². The Morgan fingerprint density at radius 3 is 1.27 bits per heavy atom. The van der Waals surface area contributed by atoms with Crippen LogP contribution in [0.25, 0.3) is 0 Å². The molecule has 0 spiro atoms. The Hall–Kier alpha value is -3.70. The van der Waals surface area contributed by atoms with E-state index < -0.39 is 60.6 Å². The van der Waals surface area contributed by atoms with E-state index in [1.165, 1.54) is 14.2 Å². The molecule has 0 saturated heterocycles. The fourth-order valence-corrected chi connectivity index (χ4v) is 10.3. The van der Waals surface area contributed by atoms with Gasteiger partial charge in [-0.3, -0.25) is 0 Å². The van der Waals surface area contributed by atoms with Gasteiger partial charge in [-0.05, 0) is 0 Å². The van der Waals surface area contributed by atoms with Gasteiger partial charge in [-0.25, -0.2) is 0 Å². The van der Waals surface area contributed by atoms with Crippen molar-refractivity contribution in [3.63, 3.8) is 0 Å². The Kier molecular flexibility index (Phi) is 13.3. The molecule has 0 aliphatic rings. The number of carbonyl (C=O) groups is 6. The van der Waals surface area contributed by atoms with Crippen molar-refractivity contribution in [3.8, 4) is 0 Å². The SMILES string of the molecule is COC(=O)C[C@H](NC(=O)c1ccccc1[Se][Se]c1ccccc1C(=O)N[C@@H](CC(=O)OC)C(=O)OC)C(=O)OC. The number of hydrogen-bond acceptors (Lipinski definition) is 10. The zero-order chi connectivity index (χ0) is 29.7. The quantitative estimate of drug-likeness (QED) is 0.146. The standard InChI is InChI=1S/C26H28N2O10Se2/c1-35-21(29)13-17(25(33)37-3)27-23(31)15-9-5-7-11-19(15)39-40-20-12-8-6-10-16(20)24(32)28-18(26(34)38-4)14-22(30)36-2/h5-12,17-18H,13-14H2,1-4H3,(H,27,31)(H,28,32)/t17-,18-/m0/s1. The number of methoxy groups -OCH3 is 4. The zero-order valence-electron chi connectivity index (χ0n) is 22.1. The third-order valence-electron chi connectivity index (χ3n) is 5.26. The first-order valence-corrected chi connectivity index (χ1v) is 17.6. The Balaban J connectivity index is 2.22. The molecule has 0 aliphatic carbocycles. The van der Waals surface area contributed by atoms with Crippen molar-refractivity contribution in [1.29, 1.82) is 0 Å². The van der Waals surface area contributed by atoms with Gasteiger partial charge in [-0.2, -0.15) is 0 Å². The van der Waals surface area contributed by atoms with Gasteiger partial charge in [0.1, 0.15) is 0 Å². The molecule has 12 nitrogen and oxygen atoms in total. The molecule has 0 radical (unpaired) electrons. The van der Waals surface area contributed by atoms with Gasteiger partial charge in [0.25, 0.3) is 0 Å². The molecule has 2 aromatic rings. The van der Waals surface area contributed by atoms with Gasteiger partial charge < -0.3 is 0 Å². The molecule has 2 N–H and O–H groups in total. The van der Waals surface area contributed by atoms with Crippen LogP contribution in [0.4, 0.5) is 0 Å². The summed E-state index contributed by atoms with van der Waals surface area (Å²) in [5.41, 5.74) is 0.628. The number of rotatable bonds is 13. The summed E-state index contributed by atoms with van der Waals surface area (Å²) < 4.78 is 20.0. The first kappa shape index (κ1) is 32.5. The van der Waals surface area contributed by atoms with Crippen molar-refractivity contribution in [2.24, 2.45) is 0 Å². The Morgan fingerprint density at radius 1 is 0.600 bits per heavy atom. The summed E-state index contributed by atoms with van der Waals surface area (Å²) >= 11 is -0.595. The molecule has 214 valence electrons.